The summed E-state index contributed by atoms with van der Waals surface area (Å²) in [6.45, 7) is 7.59. The monoisotopic (exact) mass is 1310 g/mol. The lowest BCUT2D eigenvalue weighted by Crippen LogP contribution is -2.68. The summed E-state index contributed by atoms with van der Waals surface area (Å²) < 4.78 is 83.6. The van der Waals surface area contributed by atoms with Gasteiger partial charge in [0.2, 0.25) is 0 Å². The second-order valence-corrected chi connectivity index (χ2v) is 28.1. The Balaban J connectivity index is 0.844. The van der Waals surface area contributed by atoms with E-state index in [-0.39, 0.29) is 59.9 Å². The second-order valence-electron chi connectivity index (χ2n) is 28.1. The molecule has 0 aromatic heterocycles. The number of ether oxygens (including phenoxy) is 14. The van der Waals surface area contributed by atoms with Gasteiger partial charge in [0.25, 0.3) is 0 Å². The summed E-state index contributed by atoms with van der Waals surface area (Å²) in [6, 6.07) is 0. The van der Waals surface area contributed by atoms with Crippen LogP contribution in [0, 0.1) is 52.3 Å². The molecule has 11 rings (SSSR count). The Bertz CT molecular complexity index is 2460. The van der Waals surface area contributed by atoms with E-state index in [4.69, 9.17) is 66.3 Å². The predicted octanol–water partition coefficient (Wildman–Crippen LogP) is -5.36. The van der Waals surface area contributed by atoms with Crippen LogP contribution >= 0.6 is 0 Å². The average molecular weight is 1310 g/mol. The van der Waals surface area contributed by atoms with Gasteiger partial charge < -0.3 is 143 Å². The van der Waals surface area contributed by atoms with Crippen LogP contribution in [0.3, 0.4) is 0 Å². The molecule has 31 heteroatoms. The van der Waals surface area contributed by atoms with E-state index < -0.39 is 222 Å². The van der Waals surface area contributed by atoms with Crippen LogP contribution in [-0.2, 0) is 75.9 Å². The van der Waals surface area contributed by atoms with Gasteiger partial charge in [0.15, 0.2) is 43.3 Å². The maximum absolute atomic E-state index is 12.7. The third kappa shape index (κ3) is 12.8. The number of rotatable bonds is 16. The molecule has 0 aromatic carbocycles. The summed E-state index contributed by atoms with van der Waals surface area (Å²) >= 11 is 0. The summed E-state index contributed by atoms with van der Waals surface area (Å²) in [6.07, 6.45) is -43.1. The van der Waals surface area contributed by atoms with E-state index in [2.05, 4.69) is 27.7 Å². The highest BCUT2D eigenvalue weighted by atomic mass is 16.8. The molecule has 0 amide bonds. The topological polar surface area (TPSA) is 467 Å². The van der Waals surface area contributed by atoms with Crippen molar-refractivity contribution in [2.45, 2.75) is 271 Å². The first-order chi connectivity index (χ1) is 43.1. The molecule has 0 bridgehead atoms. The van der Waals surface area contributed by atoms with Crippen molar-refractivity contribution in [3.05, 3.63) is 0 Å². The minimum atomic E-state index is -2.19. The smallest absolute Gasteiger partial charge is 0.303 e. The van der Waals surface area contributed by atoms with Gasteiger partial charge in [-0.25, -0.2) is 0 Å². The van der Waals surface area contributed by atoms with Crippen molar-refractivity contribution in [3.8, 4) is 0 Å². The van der Waals surface area contributed by atoms with Crippen LogP contribution in [0.5, 0.6) is 0 Å². The van der Waals surface area contributed by atoms with Crippen molar-refractivity contribution >= 4 is 11.9 Å². The molecule has 4 saturated carbocycles. The molecule has 7 aliphatic heterocycles. The Labute approximate surface area is 525 Å². The first-order valence-corrected chi connectivity index (χ1v) is 32.2. The van der Waals surface area contributed by atoms with Gasteiger partial charge in [-0.3, -0.25) is 9.59 Å². The molecular weight excluding hydrogens is 1220 g/mol. The zero-order chi connectivity index (χ0) is 65.7. The third-order valence-corrected chi connectivity index (χ3v) is 22.7. The predicted molar refractivity (Wildman–Crippen MR) is 297 cm³/mol. The summed E-state index contributed by atoms with van der Waals surface area (Å²) in [7, 11) is 0. The number of esters is 2. The van der Waals surface area contributed by atoms with Crippen LogP contribution in [0.1, 0.15) is 92.9 Å². The Morgan fingerprint density at radius 2 is 1.09 bits per heavy atom. The quantitative estimate of drug-likeness (QED) is 0.0507. The molecule has 0 radical (unpaired) electrons. The first-order valence-electron chi connectivity index (χ1n) is 32.2. The summed E-state index contributed by atoms with van der Waals surface area (Å²) in [5, 5.41) is 171. The largest absolute Gasteiger partial charge is 0.463 e. The highest BCUT2D eigenvalue weighted by molar-refractivity contribution is 5.66. The lowest BCUT2D eigenvalue weighted by molar-refractivity contribution is -0.404. The normalized spacial score (nSPS) is 54.8. The molecule has 1 spiro atoms. The maximum atomic E-state index is 12.7. The van der Waals surface area contributed by atoms with E-state index in [0.29, 0.717) is 18.9 Å². The molecule has 7 heterocycles. The van der Waals surface area contributed by atoms with Crippen molar-refractivity contribution in [1.29, 1.82) is 0 Å². The number of fused-ring (bicyclic) bond motifs is 7. The molecule has 522 valence electrons. The molecule has 7 saturated heterocycles. The Morgan fingerprint density at radius 3 is 1.69 bits per heavy atom. The number of hydrogen-bond donors (Lipinski definition) is 15. The molecule has 4 aliphatic carbocycles. The van der Waals surface area contributed by atoms with E-state index in [1.165, 1.54) is 0 Å². The van der Waals surface area contributed by atoms with E-state index in [1.807, 2.05) is 0 Å². The van der Waals surface area contributed by atoms with Crippen LogP contribution in [-0.4, -0.2) is 306 Å². The van der Waals surface area contributed by atoms with Gasteiger partial charge in [-0.1, -0.05) is 27.7 Å². The van der Waals surface area contributed by atoms with Crippen molar-refractivity contribution < 1.29 is 153 Å². The standard InChI is InChI=1S/C60H96O31/c1-21-9-12-60(80-18-21)22(2)35-49(91-60)41(71)36-26-8-7-25-13-29(28(66)14-59(25,6)27(26)10-11-58(35,36)5)82-57-52(90-56-47(77)51(40(70)31(16-62)84-56)89-54-44(74)42(72)37(67)34(86-54)19-78-23(3)64)45(75)48(32(17-63)85-57)87-55-46(76)50(39(69)30(15-61)83-55)88-53-43(73)38(68)33(20-79-53)81-24(4)65/h21-22,25-57,61-63,66-77H,7-20H2,1-6H3/t21-,22+,25+,26-,27+,28-,29-,30-,31-,32-,33-,34-,35+,36-,37-,38+,39-,40+,41+,42+,43+,44-,45+,46-,47-,48+,49-,50+,51+,52-,53+,54+,55+,56+,57-,58-,59+,60-/m1/s1. The zero-order valence-electron chi connectivity index (χ0n) is 51.8. The summed E-state index contributed by atoms with van der Waals surface area (Å²) in [5.41, 5.74) is -0.692. The number of carbonyl (C=O) groups excluding carboxylic acids is 2. The molecule has 11 fully saturated rings. The van der Waals surface area contributed by atoms with Crippen molar-refractivity contribution in [3.63, 3.8) is 0 Å². The number of aliphatic hydroxyl groups is 15. The van der Waals surface area contributed by atoms with Gasteiger partial charge in [-0.05, 0) is 85.4 Å². The van der Waals surface area contributed by atoms with E-state index >= 15 is 0 Å². The molecule has 38 atom stereocenters. The van der Waals surface area contributed by atoms with Gasteiger partial charge in [-0.2, -0.15) is 0 Å². The zero-order valence-corrected chi connectivity index (χ0v) is 51.8. The Hall–Kier alpha value is -2.14. The fourth-order valence-electron chi connectivity index (χ4n) is 17.9. The van der Waals surface area contributed by atoms with Crippen LogP contribution in [0.4, 0.5) is 0 Å². The highest BCUT2D eigenvalue weighted by Crippen LogP contribution is 2.71. The molecule has 0 aromatic rings. The summed E-state index contributed by atoms with van der Waals surface area (Å²) in [5.74, 6) is -1.67. The van der Waals surface area contributed by atoms with E-state index in [9.17, 15) is 86.2 Å². The maximum Gasteiger partial charge on any atom is 0.303 e. The molecular formula is C60H96O31. The Morgan fingerprint density at radius 1 is 0.505 bits per heavy atom. The molecule has 11 aliphatic rings. The van der Waals surface area contributed by atoms with Crippen molar-refractivity contribution in [2.24, 2.45) is 52.3 Å². The van der Waals surface area contributed by atoms with Gasteiger partial charge in [0, 0.05) is 32.1 Å². The van der Waals surface area contributed by atoms with Crippen molar-refractivity contribution in [2.75, 3.05) is 39.6 Å². The van der Waals surface area contributed by atoms with E-state index in [1.54, 1.807) is 0 Å². The van der Waals surface area contributed by atoms with Gasteiger partial charge in [0.05, 0.1) is 57.5 Å². The second kappa shape index (κ2) is 27.6. The van der Waals surface area contributed by atoms with Gasteiger partial charge >= 0.3 is 11.9 Å². The summed E-state index contributed by atoms with van der Waals surface area (Å²) in [4.78, 5) is 23.3. The van der Waals surface area contributed by atoms with Crippen LogP contribution in [0.15, 0.2) is 0 Å². The van der Waals surface area contributed by atoms with Crippen LogP contribution in [0.25, 0.3) is 0 Å². The minimum Gasteiger partial charge on any atom is -0.463 e. The SMILES string of the molecule is CC(=O)OC[C@H]1O[C@@H](O[C@H]2[C@@H](O)[C@@H](CO)O[C@@H](O[C@H]3[C@H](O[C@@H]4C[C@@H]5CC[C@H]6[C@@H]7[C@H](O)[C@@H]8O[C@]9(CC[C@@H](C)CO9)[C@@H](C)[C@@H]8[C@@]7(C)CC[C@@H]6[C@@]5(C)C[C@H]4O)O[C@H](CO)[C@H](O[C@@H]4O[C@H](CO)[C@@H](O)[C@H](O[C@@H]5OC[C@@H](OC(C)=O)[C@H](O)[C@@H]5O)[C@H]4O)[C@@H]3O)[C@@H]2O)[C@H](O)[C@@H](O)[C@@H]1O. The number of hydrogen-bond acceptors (Lipinski definition) is 31. The van der Waals surface area contributed by atoms with Crippen molar-refractivity contribution in [1.82, 2.24) is 0 Å². The minimum absolute atomic E-state index is 0.0642. The van der Waals surface area contributed by atoms with E-state index in [0.717, 1.165) is 46.0 Å². The van der Waals surface area contributed by atoms with Gasteiger partial charge in [0.1, 0.15) is 116 Å². The third-order valence-electron chi connectivity index (χ3n) is 22.7. The average Bonchev–Trinajstić information content (AvgIpc) is 1.56. The Kier molecular flexibility index (Phi) is 21.3. The molecule has 15 N–H and O–H groups in total. The molecule has 91 heavy (non-hydrogen) atoms. The van der Waals surface area contributed by atoms with Crippen LogP contribution in [0.2, 0.25) is 0 Å². The molecule has 0 unspecified atom stereocenters. The highest BCUT2D eigenvalue weighted by Gasteiger charge is 2.73. The van der Waals surface area contributed by atoms with Crippen LogP contribution < -0.4 is 0 Å². The lowest BCUT2D eigenvalue weighted by Gasteiger charge is -2.62. The fourth-order valence-corrected chi connectivity index (χ4v) is 17.9. The van der Waals surface area contributed by atoms with Gasteiger partial charge in [-0.15, -0.1) is 0 Å². The lowest BCUT2D eigenvalue weighted by atomic mass is 9.44. The number of carbonyl (C=O) groups is 2. The fraction of sp³-hybridized carbons (Fsp3) is 0.967. The first kappa shape index (κ1) is 70.2. The number of aliphatic hydroxyl groups excluding tert-OH is 15. The molecule has 31 nitrogen and oxygen atoms in total.